The molecule has 14 N–H and O–H groups in total. The molecule has 0 bridgehead atoms. The Labute approximate surface area is 284 Å². The fourth-order valence-electron chi connectivity index (χ4n) is 7.60. The van der Waals surface area contributed by atoms with Gasteiger partial charge < -0.3 is 71.5 Å². The Morgan fingerprint density at radius 2 is 0.647 bits per heavy atom. The van der Waals surface area contributed by atoms with Crippen molar-refractivity contribution in [2.75, 3.05) is 0 Å². The van der Waals surface area contributed by atoms with Crippen molar-refractivity contribution < 1.29 is 71.5 Å². The van der Waals surface area contributed by atoms with E-state index in [-0.39, 0.29) is 38.9 Å². The van der Waals surface area contributed by atoms with Crippen LogP contribution in [0.4, 0.5) is 0 Å². The van der Waals surface area contributed by atoms with Gasteiger partial charge in [0.25, 0.3) is 0 Å². The van der Waals surface area contributed by atoms with E-state index in [1.165, 1.54) is 36.4 Å². The van der Waals surface area contributed by atoms with Gasteiger partial charge in [0.1, 0.15) is 0 Å². The van der Waals surface area contributed by atoms with Crippen molar-refractivity contribution >= 4 is 0 Å². The van der Waals surface area contributed by atoms with Gasteiger partial charge in [0, 0.05) is 11.1 Å². The lowest BCUT2D eigenvalue weighted by molar-refractivity contribution is 0.330. The molecule has 2 aliphatic carbocycles. The highest BCUT2D eigenvalue weighted by atomic mass is 16.4. The Kier molecular flexibility index (Phi) is 5.92. The zero-order valence-electron chi connectivity index (χ0n) is 25.5. The van der Waals surface area contributed by atoms with Gasteiger partial charge in [0.2, 0.25) is 46.0 Å². The number of phenols is 14. The molecule has 0 fully saturated rings. The monoisotopic (exact) mass is 692 g/mol. The average molecular weight is 693 g/mol. The maximum Gasteiger partial charge on any atom is 0.208 e. The van der Waals surface area contributed by atoms with Crippen LogP contribution in [0.5, 0.6) is 80.5 Å². The van der Waals surface area contributed by atoms with E-state index in [4.69, 9.17) is 0 Å². The van der Waals surface area contributed by atoms with Gasteiger partial charge in [-0.3, -0.25) is 0 Å². The molecule has 0 saturated carbocycles. The maximum absolute atomic E-state index is 11.7. The van der Waals surface area contributed by atoms with Crippen LogP contribution in [-0.2, 0) is 5.41 Å². The number of aromatic hydroxyl groups is 14. The first-order valence-corrected chi connectivity index (χ1v) is 14.9. The van der Waals surface area contributed by atoms with Crippen LogP contribution in [0.25, 0.3) is 44.5 Å². The molecule has 2 aliphatic rings. The number of hydrogen-bond acceptors (Lipinski definition) is 14. The third-order valence-electron chi connectivity index (χ3n) is 9.83. The van der Waals surface area contributed by atoms with E-state index in [1.807, 2.05) is 0 Å². The normalized spacial score (nSPS) is 13.2. The van der Waals surface area contributed by atoms with Gasteiger partial charge in [-0.2, -0.15) is 0 Å². The highest BCUT2D eigenvalue weighted by molar-refractivity contribution is 6.02. The zero-order chi connectivity index (χ0) is 36.6. The lowest BCUT2D eigenvalue weighted by atomic mass is 9.69. The first-order chi connectivity index (χ1) is 24.2. The van der Waals surface area contributed by atoms with Crippen LogP contribution in [0.3, 0.4) is 0 Å². The topological polar surface area (TPSA) is 283 Å². The Balaban J connectivity index is 1.55. The summed E-state index contributed by atoms with van der Waals surface area (Å²) in [5.74, 6) is -14.6. The van der Waals surface area contributed by atoms with Crippen molar-refractivity contribution in [2.24, 2.45) is 0 Å². The summed E-state index contributed by atoms with van der Waals surface area (Å²) in [7, 11) is 0. The van der Waals surface area contributed by atoms with E-state index in [9.17, 15) is 71.5 Å². The van der Waals surface area contributed by atoms with E-state index >= 15 is 0 Å². The van der Waals surface area contributed by atoms with E-state index in [2.05, 4.69) is 0 Å². The minimum Gasteiger partial charge on any atom is -0.504 e. The Hall–Kier alpha value is -7.48. The summed E-state index contributed by atoms with van der Waals surface area (Å²) in [6, 6.07) is 15.1. The van der Waals surface area contributed by atoms with Crippen molar-refractivity contribution in [2.45, 2.75) is 5.41 Å². The molecule has 51 heavy (non-hydrogen) atoms. The van der Waals surface area contributed by atoms with Gasteiger partial charge in [-0.1, -0.05) is 48.5 Å². The number of benzene rings is 6. The Morgan fingerprint density at radius 1 is 0.294 bits per heavy atom. The quantitative estimate of drug-likeness (QED) is 0.0815. The number of hydrogen-bond donors (Lipinski definition) is 14. The third kappa shape index (κ3) is 3.49. The van der Waals surface area contributed by atoms with Gasteiger partial charge >= 0.3 is 0 Å². The molecule has 6 aromatic carbocycles. The molecule has 1 spiro atoms. The van der Waals surface area contributed by atoms with Crippen molar-refractivity contribution in [1.29, 1.82) is 0 Å². The van der Waals surface area contributed by atoms with Gasteiger partial charge in [-0.05, 0) is 56.6 Å². The molecule has 0 atom stereocenters. The predicted molar refractivity (Wildman–Crippen MR) is 177 cm³/mol. The SMILES string of the molecule is Oc1c(O)c(O)c(-c2ccc3c(c2)C2(c4cc(-c5c(O)c(O)c(O)c(O)c5O)ccc4-3)c3ccccc3-c3c(O)c(O)c(O)c(O)c32)c(O)c1O. The maximum atomic E-state index is 11.7. The highest BCUT2D eigenvalue weighted by Crippen LogP contribution is 2.70. The van der Waals surface area contributed by atoms with Crippen LogP contribution in [0, 0.1) is 0 Å². The molecular weight excluding hydrogens is 668 g/mol. The molecule has 0 heterocycles. The van der Waals surface area contributed by atoms with Crippen LogP contribution in [0.15, 0.2) is 60.7 Å². The fourth-order valence-corrected chi connectivity index (χ4v) is 7.60. The van der Waals surface area contributed by atoms with Gasteiger partial charge in [-0.15, -0.1) is 0 Å². The molecule has 6 aromatic rings. The van der Waals surface area contributed by atoms with E-state index in [0.717, 1.165) is 0 Å². The van der Waals surface area contributed by atoms with Gasteiger partial charge in [0.05, 0.1) is 16.5 Å². The van der Waals surface area contributed by atoms with Crippen molar-refractivity contribution in [3.8, 4) is 125 Å². The standard InChI is InChI=1S/C37H24O14/c38-23-19(24(39)30(45)35(50)29(23)44)11-5-7-13-14-8-6-12(20-25(40)31(46)36(51)32(47)26(20)41)10-18(14)37(17(13)9-11)16-4-2-1-3-15(16)21-22(37)28(43)34(49)33(48)27(21)42/h1-10,38-51H. The van der Waals surface area contributed by atoms with Crippen molar-refractivity contribution in [3.63, 3.8) is 0 Å². The summed E-state index contributed by atoms with van der Waals surface area (Å²) >= 11 is 0. The molecular formula is C37H24O14. The van der Waals surface area contributed by atoms with Gasteiger partial charge in [-0.25, -0.2) is 0 Å². The molecule has 256 valence electrons. The summed E-state index contributed by atoms with van der Waals surface area (Å²) in [6.07, 6.45) is 0. The second kappa shape index (κ2) is 9.79. The smallest absolute Gasteiger partial charge is 0.208 e. The average Bonchev–Trinajstić information content (AvgIpc) is 3.60. The zero-order valence-corrected chi connectivity index (χ0v) is 25.5. The molecule has 0 aromatic heterocycles. The van der Waals surface area contributed by atoms with Crippen LogP contribution in [0.2, 0.25) is 0 Å². The number of fused-ring (bicyclic) bond motifs is 10. The molecule has 0 unspecified atom stereocenters. The predicted octanol–water partition coefficient (Wildman–Crippen LogP) is 5.24. The van der Waals surface area contributed by atoms with Crippen LogP contribution in [-0.4, -0.2) is 71.5 Å². The minimum absolute atomic E-state index is 0.0388. The molecule has 0 amide bonds. The molecule has 14 heteroatoms. The lowest BCUT2D eigenvalue weighted by Gasteiger charge is -2.31. The first kappa shape index (κ1) is 30.8. The summed E-state index contributed by atoms with van der Waals surface area (Å²) in [5.41, 5.74) is -1.16. The summed E-state index contributed by atoms with van der Waals surface area (Å²) in [5, 5.41) is 149. The highest BCUT2D eigenvalue weighted by Gasteiger charge is 2.55. The Bertz CT molecular complexity index is 2410. The summed E-state index contributed by atoms with van der Waals surface area (Å²) in [4.78, 5) is 0. The van der Waals surface area contributed by atoms with E-state index in [0.29, 0.717) is 16.7 Å². The molecule has 0 radical (unpaired) electrons. The molecule has 14 nitrogen and oxygen atoms in total. The minimum atomic E-state index is -1.78. The molecule has 0 saturated heterocycles. The lowest BCUT2D eigenvalue weighted by Crippen LogP contribution is -2.26. The summed E-state index contributed by atoms with van der Waals surface area (Å²) < 4.78 is 0. The largest absolute Gasteiger partial charge is 0.504 e. The Morgan fingerprint density at radius 3 is 1.08 bits per heavy atom. The van der Waals surface area contributed by atoms with Crippen LogP contribution < -0.4 is 0 Å². The second-order valence-corrected chi connectivity index (χ2v) is 12.2. The van der Waals surface area contributed by atoms with E-state index < -0.39 is 97.0 Å². The number of rotatable bonds is 2. The van der Waals surface area contributed by atoms with Crippen LogP contribution in [0.1, 0.15) is 22.3 Å². The van der Waals surface area contributed by atoms with Gasteiger partial charge in [0.15, 0.2) is 34.5 Å². The second-order valence-electron chi connectivity index (χ2n) is 12.2. The third-order valence-corrected chi connectivity index (χ3v) is 9.83. The first-order valence-electron chi connectivity index (χ1n) is 14.9. The fraction of sp³-hybridized carbons (Fsp3) is 0.0270. The molecule has 0 aliphatic heterocycles. The van der Waals surface area contributed by atoms with Crippen molar-refractivity contribution in [3.05, 3.63) is 82.9 Å². The summed E-state index contributed by atoms with van der Waals surface area (Å²) in [6.45, 7) is 0. The molecule has 8 rings (SSSR count). The van der Waals surface area contributed by atoms with Crippen LogP contribution >= 0.6 is 0 Å². The van der Waals surface area contributed by atoms with Crippen molar-refractivity contribution in [1.82, 2.24) is 0 Å². The number of phenolic OH excluding ortho intramolecular Hbond substituents is 14. The van der Waals surface area contributed by atoms with E-state index in [1.54, 1.807) is 24.3 Å².